The molecule has 0 radical (unpaired) electrons. The molecule has 0 aliphatic heterocycles. The molecule has 0 saturated heterocycles. The van der Waals surface area contributed by atoms with Crippen molar-refractivity contribution in [3.63, 3.8) is 0 Å². The molecule has 0 amide bonds. The lowest BCUT2D eigenvalue weighted by Gasteiger charge is -2.25. The average Bonchev–Trinajstić information content (AvgIpc) is 2.80. The second kappa shape index (κ2) is 6.40. The Morgan fingerprint density at radius 2 is 1.95 bits per heavy atom. The summed E-state index contributed by atoms with van der Waals surface area (Å²) in [6.07, 6.45) is -0.920. The number of hydrogen-bond donors (Lipinski definition) is 2. The molecular weight excluding hydrogens is 306 g/mol. The highest BCUT2D eigenvalue weighted by Crippen LogP contribution is 2.27. The van der Waals surface area contributed by atoms with Gasteiger partial charge in [0.1, 0.15) is 5.01 Å². The minimum absolute atomic E-state index is 0.218. The van der Waals surface area contributed by atoms with E-state index in [4.69, 9.17) is 0 Å². The Morgan fingerprint density at radius 1 is 1.27 bits per heavy atom. The van der Waals surface area contributed by atoms with Crippen molar-refractivity contribution in [3.05, 3.63) is 51.0 Å². The molecule has 0 spiro atoms. The summed E-state index contributed by atoms with van der Waals surface area (Å²) >= 11 is 1.61. The second-order valence-electron chi connectivity index (χ2n) is 5.86. The number of aliphatic hydroxyl groups is 1. The molecule has 1 unspecified atom stereocenters. The molecule has 1 aromatic carbocycles. The topological polar surface area (TPSA) is 45.2 Å². The van der Waals surface area contributed by atoms with E-state index >= 15 is 0 Å². The largest absolute Gasteiger partial charge is 0.387 e. The van der Waals surface area contributed by atoms with Crippen LogP contribution in [0.4, 0.5) is 8.78 Å². The maximum atomic E-state index is 13.2. The van der Waals surface area contributed by atoms with Crippen LogP contribution in [0, 0.1) is 25.5 Å². The number of aryl methyl sites for hydroxylation is 2. The summed E-state index contributed by atoms with van der Waals surface area (Å²) in [7, 11) is 0. The summed E-state index contributed by atoms with van der Waals surface area (Å²) in [5.41, 5.74) is 0.924. The van der Waals surface area contributed by atoms with Crippen molar-refractivity contribution < 1.29 is 13.9 Å². The Morgan fingerprint density at radius 3 is 2.50 bits per heavy atom. The summed E-state index contributed by atoms with van der Waals surface area (Å²) in [6.45, 7) is 8.14. The maximum absolute atomic E-state index is 13.2. The molecular formula is C16H20F2N2OS. The van der Waals surface area contributed by atoms with Gasteiger partial charge in [0.15, 0.2) is 11.6 Å². The van der Waals surface area contributed by atoms with Crippen LogP contribution in [0.15, 0.2) is 18.2 Å². The monoisotopic (exact) mass is 326 g/mol. The number of halogens is 2. The first-order valence-electron chi connectivity index (χ1n) is 7.03. The molecule has 120 valence electrons. The fourth-order valence-electron chi connectivity index (χ4n) is 2.01. The molecule has 0 fully saturated rings. The number of thiazole rings is 1. The lowest BCUT2D eigenvalue weighted by atomic mass is 10.0. The number of aromatic nitrogens is 1. The van der Waals surface area contributed by atoms with Crippen LogP contribution in [-0.2, 0) is 5.54 Å². The standard InChI is InChI=1S/C16H20F2N2OS/c1-9-10(2)22-15(20-9)16(3,4)19-8-14(21)11-5-6-12(17)13(18)7-11/h5-7,14,19,21H,8H2,1-4H3. The van der Waals surface area contributed by atoms with Gasteiger partial charge in [0, 0.05) is 11.4 Å². The van der Waals surface area contributed by atoms with Gasteiger partial charge in [-0.2, -0.15) is 0 Å². The van der Waals surface area contributed by atoms with Crippen molar-refractivity contribution in [1.29, 1.82) is 0 Å². The lowest BCUT2D eigenvalue weighted by molar-refractivity contribution is 0.160. The molecule has 6 heteroatoms. The van der Waals surface area contributed by atoms with Gasteiger partial charge in [-0.25, -0.2) is 13.8 Å². The van der Waals surface area contributed by atoms with Gasteiger partial charge < -0.3 is 10.4 Å². The molecule has 0 aliphatic rings. The average molecular weight is 326 g/mol. The van der Waals surface area contributed by atoms with E-state index in [1.54, 1.807) is 11.3 Å². The van der Waals surface area contributed by atoms with Gasteiger partial charge in [0.05, 0.1) is 17.3 Å². The van der Waals surface area contributed by atoms with Gasteiger partial charge in [-0.05, 0) is 45.4 Å². The van der Waals surface area contributed by atoms with Crippen LogP contribution in [0.3, 0.4) is 0 Å². The molecule has 22 heavy (non-hydrogen) atoms. The third-order valence-electron chi connectivity index (χ3n) is 3.63. The highest BCUT2D eigenvalue weighted by molar-refractivity contribution is 7.11. The number of hydrogen-bond acceptors (Lipinski definition) is 4. The highest BCUT2D eigenvalue weighted by atomic mass is 32.1. The van der Waals surface area contributed by atoms with E-state index in [1.165, 1.54) is 6.07 Å². The van der Waals surface area contributed by atoms with Crippen molar-refractivity contribution in [3.8, 4) is 0 Å². The van der Waals surface area contributed by atoms with Gasteiger partial charge in [0.2, 0.25) is 0 Å². The quantitative estimate of drug-likeness (QED) is 0.882. The van der Waals surface area contributed by atoms with Crippen molar-refractivity contribution in [2.75, 3.05) is 6.54 Å². The van der Waals surface area contributed by atoms with Crippen LogP contribution in [0.25, 0.3) is 0 Å². The maximum Gasteiger partial charge on any atom is 0.159 e. The van der Waals surface area contributed by atoms with Gasteiger partial charge in [-0.1, -0.05) is 6.07 Å². The molecule has 0 saturated carbocycles. The van der Waals surface area contributed by atoms with E-state index in [9.17, 15) is 13.9 Å². The summed E-state index contributed by atoms with van der Waals surface area (Å²) in [5, 5.41) is 14.3. The fraction of sp³-hybridized carbons (Fsp3) is 0.438. The molecule has 2 rings (SSSR count). The van der Waals surface area contributed by atoms with Gasteiger partial charge in [-0.3, -0.25) is 0 Å². The lowest BCUT2D eigenvalue weighted by Crippen LogP contribution is -2.39. The van der Waals surface area contributed by atoms with Crippen LogP contribution in [0.2, 0.25) is 0 Å². The number of benzene rings is 1. The fourth-order valence-corrected chi connectivity index (χ4v) is 3.00. The van der Waals surface area contributed by atoms with E-state index in [1.807, 2.05) is 27.7 Å². The SMILES string of the molecule is Cc1nc(C(C)(C)NCC(O)c2ccc(F)c(F)c2)sc1C. The van der Waals surface area contributed by atoms with E-state index in [-0.39, 0.29) is 6.54 Å². The van der Waals surface area contributed by atoms with E-state index in [0.29, 0.717) is 5.56 Å². The molecule has 2 N–H and O–H groups in total. The summed E-state index contributed by atoms with van der Waals surface area (Å²) in [4.78, 5) is 5.68. The third-order valence-corrected chi connectivity index (χ3v) is 5.03. The van der Waals surface area contributed by atoms with Crippen LogP contribution >= 0.6 is 11.3 Å². The minimum Gasteiger partial charge on any atom is -0.387 e. The highest BCUT2D eigenvalue weighted by Gasteiger charge is 2.25. The Bertz CT molecular complexity index is 651. The predicted octanol–water partition coefficient (Wildman–Crippen LogP) is 3.60. The number of aliphatic hydroxyl groups excluding tert-OH is 1. The molecule has 0 bridgehead atoms. The Kier molecular flexibility index (Phi) is 4.94. The summed E-state index contributed by atoms with van der Waals surface area (Å²) in [5.74, 6) is -1.88. The molecule has 0 aliphatic carbocycles. The number of nitrogens with one attached hydrogen (secondary N) is 1. The first-order chi connectivity index (χ1) is 10.2. The summed E-state index contributed by atoms with van der Waals surface area (Å²) < 4.78 is 26.1. The third kappa shape index (κ3) is 3.69. The van der Waals surface area contributed by atoms with E-state index < -0.39 is 23.3 Å². The Balaban J connectivity index is 2.05. The zero-order valence-corrected chi connectivity index (χ0v) is 13.9. The van der Waals surface area contributed by atoms with Crippen molar-refractivity contribution in [2.45, 2.75) is 39.3 Å². The van der Waals surface area contributed by atoms with Crippen LogP contribution < -0.4 is 5.32 Å². The first kappa shape index (κ1) is 17.0. The Hall–Kier alpha value is -1.37. The first-order valence-corrected chi connectivity index (χ1v) is 7.85. The molecule has 1 atom stereocenters. The molecule has 3 nitrogen and oxygen atoms in total. The second-order valence-corrected chi connectivity index (χ2v) is 7.06. The van der Waals surface area contributed by atoms with E-state index in [0.717, 1.165) is 27.7 Å². The number of nitrogens with zero attached hydrogens (tertiary/aromatic N) is 1. The van der Waals surface area contributed by atoms with Crippen LogP contribution in [0.1, 0.15) is 41.1 Å². The Labute approximate surface area is 133 Å². The molecule has 1 heterocycles. The van der Waals surface area contributed by atoms with Crippen LogP contribution in [-0.4, -0.2) is 16.6 Å². The van der Waals surface area contributed by atoms with Gasteiger partial charge >= 0.3 is 0 Å². The van der Waals surface area contributed by atoms with Crippen LogP contribution in [0.5, 0.6) is 0 Å². The van der Waals surface area contributed by atoms with Crippen molar-refractivity contribution in [2.24, 2.45) is 0 Å². The zero-order chi connectivity index (χ0) is 16.5. The predicted molar refractivity (Wildman–Crippen MR) is 83.9 cm³/mol. The van der Waals surface area contributed by atoms with Crippen molar-refractivity contribution >= 4 is 11.3 Å². The van der Waals surface area contributed by atoms with Gasteiger partial charge in [-0.15, -0.1) is 11.3 Å². The van der Waals surface area contributed by atoms with Gasteiger partial charge in [0.25, 0.3) is 0 Å². The van der Waals surface area contributed by atoms with Crippen molar-refractivity contribution in [1.82, 2.24) is 10.3 Å². The summed E-state index contributed by atoms with van der Waals surface area (Å²) in [6, 6.07) is 3.42. The molecule has 1 aromatic heterocycles. The smallest absolute Gasteiger partial charge is 0.159 e. The normalized spacial score (nSPS) is 13.4. The molecule has 2 aromatic rings. The minimum atomic E-state index is -0.956. The van der Waals surface area contributed by atoms with E-state index in [2.05, 4.69) is 10.3 Å². The zero-order valence-electron chi connectivity index (χ0n) is 13.1. The number of rotatable bonds is 5.